The molecule has 2 aromatic heterocycles. The second-order valence-electron chi connectivity index (χ2n) is 19.3. The lowest BCUT2D eigenvalue weighted by atomic mass is 10.0. The highest BCUT2D eigenvalue weighted by Crippen LogP contribution is 2.41. The Kier molecular flexibility index (Phi) is 16.3. The molecule has 2 saturated heterocycles. The van der Waals surface area contributed by atoms with Crippen LogP contribution >= 0.6 is 0 Å². The van der Waals surface area contributed by atoms with E-state index < -0.39 is 50.7 Å². The Bertz CT molecular complexity index is 3400. The van der Waals surface area contributed by atoms with Gasteiger partial charge in [0.1, 0.15) is 16.9 Å². The summed E-state index contributed by atoms with van der Waals surface area (Å²) in [4.78, 5) is 79.8. The number of rotatable bonds is 11. The third-order valence-electron chi connectivity index (χ3n) is 13.8. The molecule has 2 atom stereocenters. The van der Waals surface area contributed by atoms with Crippen molar-refractivity contribution in [1.29, 1.82) is 0 Å². The molecule has 4 heterocycles. The largest absolute Gasteiger partial charge is 0.477 e. The van der Waals surface area contributed by atoms with Gasteiger partial charge in [0.2, 0.25) is 10.9 Å². The minimum absolute atomic E-state index is 0.00642. The number of hydrogen-bond acceptors (Lipinski definition) is 12. The van der Waals surface area contributed by atoms with Crippen molar-refractivity contribution in [3.8, 4) is 0 Å². The number of carboxylic acid groups (broad SMARTS) is 2. The zero-order valence-corrected chi connectivity index (χ0v) is 41.2. The van der Waals surface area contributed by atoms with Crippen LogP contribution in [0, 0.1) is 51.5 Å². The van der Waals surface area contributed by atoms with Crippen molar-refractivity contribution >= 4 is 63.2 Å². The molecule has 0 radical (unpaired) electrons. The minimum atomic E-state index is -1.37. The van der Waals surface area contributed by atoms with Gasteiger partial charge in [-0.1, -0.05) is 30.7 Å². The number of anilines is 1. The number of aliphatic imine (C=N–C) groups is 2. The normalized spacial score (nSPS) is 18.0. The second kappa shape index (κ2) is 23.0. The lowest BCUT2D eigenvalue weighted by molar-refractivity contribution is -0.385. The molecule has 0 unspecified atom stereocenters. The first-order valence-electron chi connectivity index (χ1n) is 24.8. The van der Waals surface area contributed by atoms with Gasteiger partial charge in [0.15, 0.2) is 11.6 Å². The number of non-ortho nitro benzene ring substituents is 2. The van der Waals surface area contributed by atoms with Crippen molar-refractivity contribution in [2.75, 3.05) is 31.1 Å². The molecule has 75 heavy (non-hydrogen) atoms. The topological polar surface area (TPSA) is 245 Å². The van der Waals surface area contributed by atoms with E-state index >= 15 is 4.39 Å². The van der Waals surface area contributed by atoms with Crippen LogP contribution in [0.2, 0.25) is 0 Å². The van der Waals surface area contributed by atoms with Crippen molar-refractivity contribution in [2.24, 2.45) is 9.98 Å². The zero-order valence-electron chi connectivity index (χ0n) is 41.2. The number of benzene rings is 4. The van der Waals surface area contributed by atoms with Crippen molar-refractivity contribution in [2.45, 2.75) is 102 Å². The summed E-state index contributed by atoms with van der Waals surface area (Å²) < 4.78 is 46.2. The third-order valence-corrected chi connectivity index (χ3v) is 13.8. The van der Waals surface area contributed by atoms with Crippen LogP contribution in [0.3, 0.4) is 0 Å². The van der Waals surface area contributed by atoms with Gasteiger partial charge in [0.05, 0.1) is 38.7 Å². The molecule has 6 aromatic rings. The molecule has 4 aliphatic rings. The standard InChI is InChI=1S/C27H27FN4O5.C14H11F2NO3.C13H17N3O2/c1-16-24-21(26(33)22(27(34)35)15-31(24)19-8-9-19)12-23(28)25(16)30-10-3-2-6-18(14-30)29-13-17-5-4-7-20(11-17)32(36)37;1-6-11(16)10(15)4-8-12(6)17(7-2-3-7)5-9(13(8)18)14(19)20;17-16(18)13-6-3-4-11(8-13)9-15-12-5-1-2-7-14-10-12/h4-5,7,11-13,15,18-19H,2-3,6,8-10,14H2,1H3,(H,34,35);4-5,7H,2-3H2,1H3,(H,19,20);3-4,6,8-9,12,14H,1-2,5,7,10H2/t18-;;12-/m1.1/s1. The monoisotopic (exact) mass is 1030 g/mol. The Morgan fingerprint density at radius 3 is 1.69 bits per heavy atom. The van der Waals surface area contributed by atoms with E-state index in [0.717, 1.165) is 76.1 Å². The van der Waals surface area contributed by atoms with Gasteiger partial charge >= 0.3 is 11.9 Å². The number of nitro groups is 2. The first-order chi connectivity index (χ1) is 35.9. The number of nitro benzene ring substituents is 2. The highest BCUT2D eigenvalue weighted by atomic mass is 19.2. The molecule has 2 aliphatic heterocycles. The number of hydrogen-bond donors (Lipinski definition) is 3. The summed E-state index contributed by atoms with van der Waals surface area (Å²) in [6.07, 6.45) is 15.4. The Morgan fingerprint density at radius 1 is 0.680 bits per heavy atom. The van der Waals surface area contributed by atoms with E-state index in [1.54, 1.807) is 48.2 Å². The van der Waals surface area contributed by atoms with Gasteiger partial charge in [-0.2, -0.15) is 0 Å². The molecule has 2 aliphatic carbocycles. The number of fused-ring (bicyclic) bond motifs is 2. The second-order valence-corrected chi connectivity index (χ2v) is 19.3. The fraction of sp³-hybridized carbons (Fsp3) is 0.370. The summed E-state index contributed by atoms with van der Waals surface area (Å²) >= 11 is 0. The predicted octanol–water partition coefficient (Wildman–Crippen LogP) is 9.65. The smallest absolute Gasteiger partial charge is 0.341 e. The predicted molar refractivity (Wildman–Crippen MR) is 278 cm³/mol. The molecule has 21 heteroatoms. The Hall–Kier alpha value is -8.07. The van der Waals surface area contributed by atoms with Gasteiger partial charge in [-0.25, -0.2) is 22.8 Å². The number of halogens is 3. The van der Waals surface area contributed by atoms with Crippen molar-refractivity contribution < 1.29 is 42.8 Å². The molecule has 4 fully saturated rings. The molecule has 0 spiro atoms. The van der Waals surface area contributed by atoms with E-state index in [9.17, 15) is 53.3 Å². The lowest BCUT2D eigenvalue weighted by Crippen LogP contribution is -2.32. The summed E-state index contributed by atoms with van der Waals surface area (Å²) in [5.41, 5.74) is 1.18. The van der Waals surface area contributed by atoms with E-state index in [1.807, 2.05) is 15.5 Å². The van der Waals surface area contributed by atoms with Crippen LogP contribution in [0.15, 0.2) is 92.6 Å². The first kappa shape index (κ1) is 53.2. The van der Waals surface area contributed by atoms with Crippen molar-refractivity contribution in [3.63, 3.8) is 0 Å². The fourth-order valence-corrected chi connectivity index (χ4v) is 9.69. The highest BCUT2D eigenvalue weighted by molar-refractivity contribution is 5.96. The maximum Gasteiger partial charge on any atom is 0.341 e. The highest BCUT2D eigenvalue weighted by Gasteiger charge is 2.32. The lowest BCUT2D eigenvalue weighted by Gasteiger charge is -2.28. The Labute approximate surface area is 427 Å². The maximum absolute atomic E-state index is 15.6. The number of aryl methyl sites for hydroxylation is 2. The van der Waals surface area contributed by atoms with Crippen LogP contribution in [0.1, 0.15) is 119 Å². The van der Waals surface area contributed by atoms with Crippen LogP contribution < -0.4 is 21.1 Å². The van der Waals surface area contributed by atoms with Gasteiger partial charge in [-0.3, -0.25) is 39.8 Å². The molecule has 2 saturated carbocycles. The Morgan fingerprint density at radius 2 is 1.17 bits per heavy atom. The number of nitrogens with one attached hydrogen (secondary N) is 1. The third kappa shape index (κ3) is 12.3. The fourth-order valence-electron chi connectivity index (χ4n) is 9.69. The van der Waals surface area contributed by atoms with E-state index in [-0.39, 0.29) is 67.9 Å². The van der Waals surface area contributed by atoms with E-state index in [2.05, 4.69) is 15.3 Å². The van der Waals surface area contributed by atoms with Gasteiger partial charge < -0.3 is 29.6 Å². The molecule has 0 bridgehead atoms. The van der Waals surface area contributed by atoms with Crippen LogP contribution in [-0.2, 0) is 0 Å². The number of aromatic nitrogens is 2. The average Bonchev–Trinajstić information content (AvgIpc) is 4.29. The molecule has 3 N–H and O–H groups in total. The van der Waals surface area contributed by atoms with Gasteiger partial charge in [-0.15, -0.1) is 0 Å². The molecule has 10 rings (SSSR count). The molecule has 0 amide bonds. The summed E-state index contributed by atoms with van der Waals surface area (Å²) in [6, 6.07) is 15.1. The summed E-state index contributed by atoms with van der Waals surface area (Å²) in [7, 11) is 0. The quantitative estimate of drug-likeness (QED) is 0.0624. The van der Waals surface area contributed by atoms with Crippen LogP contribution in [0.5, 0.6) is 0 Å². The molecule has 18 nitrogen and oxygen atoms in total. The average molecular weight is 1030 g/mol. The van der Waals surface area contributed by atoms with Crippen LogP contribution in [0.4, 0.5) is 30.2 Å². The van der Waals surface area contributed by atoms with Crippen molar-refractivity contribution in [3.05, 3.63) is 165 Å². The van der Waals surface area contributed by atoms with Gasteiger partial charge in [0, 0.05) is 97.1 Å². The van der Waals surface area contributed by atoms with Crippen LogP contribution in [0.25, 0.3) is 21.8 Å². The van der Waals surface area contributed by atoms with E-state index in [1.165, 1.54) is 56.4 Å². The SMILES string of the molecule is Cc1c(F)c(F)cc2c(=O)c(C(=O)O)cn(C3CC3)c12.Cc1c(N2CCCC[C@@H](N=Cc3cccc([N+](=O)[O-])c3)C2)c(F)cc2c(=O)c(C(=O)O)cn(C3CC3)c12.O=[N+]([O-])c1cccc(C=N[C@@H]2CCCCNC2)c1. The number of pyridine rings is 2. The number of carboxylic acids is 2. The first-order valence-corrected chi connectivity index (χ1v) is 24.8. The molecular weight excluding hydrogens is 978 g/mol. The number of aromatic carboxylic acids is 2. The maximum atomic E-state index is 15.6. The van der Waals surface area contributed by atoms with Gasteiger partial charge in [0.25, 0.3) is 11.4 Å². The molecular formula is C54H55F3N8O10. The summed E-state index contributed by atoms with van der Waals surface area (Å²) in [5, 5.41) is 43.6. The molecule has 392 valence electrons. The number of carbonyl (C=O) groups is 2. The van der Waals surface area contributed by atoms with Gasteiger partial charge in [-0.05, 0) is 107 Å². The van der Waals surface area contributed by atoms with E-state index in [4.69, 9.17) is 5.11 Å². The van der Waals surface area contributed by atoms with E-state index in [0.29, 0.717) is 35.4 Å². The Balaban J connectivity index is 0.000000165. The van der Waals surface area contributed by atoms with Crippen LogP contribution in [-0.4, -0.2) is 91.8 Å². The number of nitrogens with zero attached hydrogens (tertiary/aromatic N) is 7. The molecule has 4 aromatic carbocycles. The zero-order chi connectivity index (χ0) is 53.7. The summed E-state index contributed by atoms with van der Waals surface area (Å²) in [6.45, 7) is 6.20. The van der Waals surface area contributed by atoms with Crippen molar-refractivity contribution in [1.82, 2.24) is 14.5 Å². The summed E-state index contributed by atoms with van der Waals surface area (Å²) in [5.74, 6) is -5.39. The minimum Gasteiger partial charge on any atom is -0.477 e.